The summed E-state index contributed by atoms with van der Waals surface area (Å²) in [5, 5.41) is 10.2. The van der Waals surface area contributed by atoms with E-state index in [0.29, 0.717) is 29.2 Å². The molecule has 0 aromatic heterocycles. The molecule has 0 bridgehead atoms. The number of hydrogen-bond donors (Lipinski definition) is 1. The van der Waals surface area contributed by atoms with Crippen molar-refractivity contribution >= 4 is 0 Å². The first-order valence-electron chi connectivity index (χ1n) is 6.74. The molecule has 0 fully saturated rings. The number of rotatable bonds is 1. The van der Waals surface area contributed by atoms with Crippen LogP contribution in [0.4, 0.5) is 4.39 Å². The fourth-order valence-electron chi connectivity index (χ4n) is 2.74. The van der Waals surface area contributed by atoms with Crippen LogP contribution >= 0.6 is 0 Å². The van der Waals surface area contributed by atoms with Crippen molar-refractivity contribution in [3.8, 4) is 17.2 Å². The number of benzene rings is 2. The number of hydrogen-bond acceptors (Lipinski definition) is 4. The zero-order chi connectivity index (χ0) is 14.4. The van der Waals surface area contributed by atoms with Crippen LogP contribution in [-0.2, 0) is 0 Å². The van der Waals surface area contributed by atoms with Crippen molar-refractivity contribution in [1.29, 1.82) is 0 Å². The maximum absolute atomic E-state index is 13.2. The fraction of sp³-hybridized carbons (Fsp3) is 0.250. The van der Waals surface area contributed by atoms with Crippen LogP contribution in [0.2, 0.25) is 0 Å². The first-order chi connectivity index (χ1) is 10.2. The Bertz CT molecular complexity index is 701. The maximum atomic E-state index is 13.2. The lowest BCUT2D eigenvalue weighted by Crippen LogP contribution is -2.19. The summed E-state index contributed by atoms with van der Waals surface area (Å²) in [5.74, 6) is 1.52. The third-order valence-electron chi connectivity index (χ3n) is 3.81. The molecule has 0 amide bonds. The third kappa shape index (κ3) is 2.10. The highest BCUT2D eigenvalue weighted by Crippen LogP contribution is 2.43. The highest BCUT2D eigenvalue weighted by atomic mass is 19.1. The van der Waals surface area contributed by atoms with Crippen LogP contribution in [0.1, 0.15) is 29.8 Å². The molecule has 0 aliphatic carbocycles. The Hall–Kier alpha value is -2.27. The van der Waals surface area contributed by atoms with Gasteiger partial charge in [0.15, 0.2) is 11.5 Å². The van der Waals surface area contributed by atoms with E-state index in [0.717, 1.165) is 5.56 Å². The highest BCUT2D eigenvalue weighted by molar-refractivity contribution is 5.46. The highest BCUT2D eigenvalue weighted by Gasteiger charge is 2.29. The molecule has 2 aromatic carbocycles. The van der Waals surface area contributed by atoms with Gasteiger partial charge in [-0.15, -0.1) is 0 Å². The second-order valence-electron chi connectivity index (χ2n) is 5.15. The van der Waals surface area contributed by atoms with E-state index in [-0.39, 0.29) is 18.7 Å². The molecule has 2 aliphatic rings. The second-order valence-corrected chi connectivity index (χ2v) is 5.15. The average molecular weight is 288 g/mol. The van der Waals surface area contributed by atoms with E-state index in [1.165, 1.54) is 12.1 Å². The van der Waals surface area contributed by atoms with E-state index < -0.39 is 6.10 Å². The molecule has 108 valence electrons. The monoisotopic (exact) mass is 288 g/mol. The number of halogens is 1. The first-order valence-corrected chi connectivity index (χ1v) is 6.74. The standard InChI is InChI=1S/C16H13FO4/c17-10-2-4-13-11(6-10)12(18)7-15(21-13)9-1-3-14-16(5-9)20-8-19-14/h1-6,12,15,18H,7-8H2/t12-,15?/m0/s1. The number of aliphatic hydroxyl groups excluding tert-OH is 1. The van der Waals surface area contributed by atoms with E-state index in [4.69, 9.17) is 14.2 Å². The Labute approximate surface area is 120 Å². The lowest BCUT2D eigenvalue weighted by Gasteiger charge is -2.30. The van der Waals surface area contributed by atoms with Gasteiger partial charge in [-0.05, 0) is 35.9 Å². The van der Waals surface area contributed by atoms with Crippen LogP contribution in [0.3, 0.4) is 0 Å². The summed E-state index contributed by atoms with van der Waals surface area (Å²) in [5.41, 5.74) is 1.39. The van der Waals surface area contributed by atoms with Crippen molar-refractivity contribution in [3.05, 3.63) is 53.3 Å². The molecule has 5 heteroatoms. The Kier molecular flexibility index (Phi) is 2.75. The van der Waals surface area contributed by atoms with Gasteiger partial charge in [-0.25, -0.2) is 4.39 Å². The number of ether oxygens (including phenoxy) is 3. The van der Waals surface area contributed by atoms with Gasteiger partial charge in [-0.3, -0.25) is 0 Å². The molecule has 4 nitrogen and oxygen atoms in total. The topological polar surface area (TPSA) is 47.9 Å². The van der Waals surface area contributed by atoms with Gasteiger partial charge in [0, 0.05) is 12.0 Å². The maximum Gasteiger partial charge on any atom is 0.231 e. The molecule has 2 heterocycles. The van der Waals surface area contributed by atoms with E-state index >= 15 is 0 Å². The van der Waals surface area contributed by atoms with E-state index in [1.54, 1.807) is 6.07 Å². The van der Waals surface area contributed by atoms with Crippen molar-refractivity contribution < 1.29 is 23.7 Å². The summed E-state index contributed by atoms with van der Waals surface area (Å²) < 4.78 is 29.8. The predicted molar refractivity (Wildman–Crippen MR) is 71.9 cm³/mol. The quantitative estimate of drug-likeness (QED) is 0.876. The van der Waals surface area contributed by atoms with Gasteiger partial charge in [0.1, 0.15) is 17.7 Å². The molecule has 2 aromatic rings. The van der Waals surface area contributed by atoms with Crippen LogP contribution in [-0.4, -0.2) is 11.9 Å². The minimum Gasteiger partial charge on any atom is -0.485 e. The van der Waals surface area contributed by atoms with Gasteiger partial charge >= 0.3 is 0 Å². The summed E-state index contributed by atoms with van der Waals surface area (Å²) >= 11 is 0. The van der Waals surface area contributed by atoms with Crippen LogP contribution in [0.15, 0.2) is 36.4 Å². The molecular formula is C16H13FO4. The van der Waals surface area contributed by atoms with Gasteiger partial charge in [0.25, 0.3) is 0 Å². The summed E-state index contributed by atoms with van der Waals surface area (Å²) in [4.78, 5) is 0. The fourth-order valence-corrected chi connectivity index (χ4v) is 2.74. The minimum atomic E-state index is -0.750. The molecular weight excluding hydrogens is 275 g/mol. The summed E-state index contributed by atoms with van der Waals surface area (Å²) in [6.45, 7) is 0.217. The van der Waals surface area contributed by atoms with Crippen molar-refractivity contribution in [2.45, 2.75) is 18.6 Å². The molecule has 2 atom stereocenters. The molecule has 0 radical (unpaired) electrons. The van der Waals surface area contributed by atoms with Crippen molar-refractivity contribution in [1.82, 2.24) is 0 Å². The van der Waals surface area contributed by atoms with Gasteiger partial charge in [-0.1, -0.05) is 6.07 Å². The SMILES string of the molecule is O[C@H]1CC(c2ccc3c(c2)OCO3)Oc2ccc(F)cc21. The molecule has 1 unspecified atom stereocenters. The summed E-state index contributed by atoms with van der Waals surface area (Å²) in [7, 11) is 0. The Morgan fingerprint density at radius 3 is 2.71 bits per heavy atom. The second kappa shape index (κ2) is 4.63. The van der Waals surface area contributed by atoms with Crippen molar-refractivity contribution in [3.63, 3.8) is 0 Å². The van der Waals surface area contributed by atoms with Gasteiger partial charge in [0.2, 0.25) is 6.79 Å². The Morgan fingerprint density at radius 2 is 1.81 bits per heavy atom. The normalized spacial score (nSPS) is 22.6. The van der Waals surface area contributed by atoms with Gasteiger partial charge in [0.05, 0.1) is 6.10 Å². The summed E-state index contributed by atoms with van der Waals surface area (Å²) in [6, 6.07) is 9.76. The number of aliphatic hydroxyl groups is 1. The molecule has 0 saturated carbocycles. The van der Waals surface area contributed by atoms with Crippen LogP contribution in [0, 0.1) is 5.82 Å². The zero-order valence-electron chi connectivity index (χ0n) is 11.1. The lowest BCUT2D eigenvalue weighted by atomic mass is 9.95. The smallest absolute Gasteiger partial charge is 0.231 e. The lowest BCUT2D eigenvalue weighted by molar-refractivity contribution is 0.0652. The molecule has 21 heavy (non-hydrogen) atoms. The van der Waals surface area contributed by atoms with E-state index in [1.807, 2.05) is 18.2 Å². The third-order valence-corrected chi connectivity index (χ3v) is 3.81. The van der Waals surface area contributed by atoms with Crippen LogP contribution in [0.5, 0.6) is 17.2 Å². The summed E-state index contributed by atoms with van der Waals surface area (Å²) in [6.07, 6.45) is -0.678. The van der Waals surface area contributed by atoms with E-state index in [2.05, 4.69) is 0 Å². The first kappa shape index (κ1) is 12.5. The largest absolute Gasteiger partial charge is 0.485 e. The zero-order valence-corrected chi connectivity index (χ0v) is 11.1. The van der Waals surface area contributed by atoms with E-state index in [9.17, 15) is 9.50 Å². The molecule has 4 rings (SSSR count). The Balaban J connectivity index is 1.67. The molecule has 0 saturated heterocycles. The van der Waals surface area contributed by atoms with Gasteiger partial charge < -0.3 is 19.3 Å². The van der Waals surface area contributed by atoms with Crippen molar-refractivity contribution in [2.75, 3.05) is 6.79 Å². The number of fused-ring (bicyclic) bond motifs is 2. The molecule has 2 aliphatic heterocycles. The van der Waals surface area contributed by atoms with Crippen molar-refractivity contribution in [2.24, 2.45) is 0 Å². The van der Waals surface area contributed by atoms with Gasteiger partial charge in [-0.2, -0.15) is 0 Å². The van der Waals surface area contributed by atoms with Crippen LogP contribution in [0.25, 0.3) is 0 Å². The average Bonchev–Trinajstić information content (AvgIpc) is 2.95. The van der Waals surface area contributed by atoms with Crippen LogP contribution < -0.4 is 14.2 Å². The minimum absolute atomic E-state index is 0.217. The Morgan fingerprint density at radius 1 is 1.00 bits per heavy atom. The molecule has 0 spiro atoms. The molecule has 1 N–H and O–H groups in total. The predicted octanol–water partition coefficient (Wildman–Crippen LogP) is 3.11.